The fraction of sp³-hybridized carbons (Fsp3) is 0.133. The molecule has 0 atom stereocenters. The number of nitrogens with two attached hydrogens (primary N) is 1. The van der Waals surface area contributed by atoms with Gasteiger partial charge in [-0.25, -0.2) is 0 Å². The number of rotatable bonds is 3. The Balaban J connectivity index is 2.42. The van der Waals surface area contributed by atoms with Gasteiger partial charge in [-0.15, -0.1) is 0 Å². The topological polar surface area (TPSA) is 35.2 Å². The summed E-state index contributed by atoms with van der Waals surface area (Å²) in [6.45, 7) is 3.89. The zero-order valence-corrected chi connectivity index (χ0v) is 14.2. The standard InChI is InChI=1S/C15H13BrClNOS/c1-8-5-11(6-9(2)14(8)17)19-13-4-3-10(16)7-12(13)15(18)20/h3-7H,1-2H3,(H2,18,20). The van der Waals surface area contributed by atoms with Crippen molar-refractivity contribution >= 4 is 44.7 Å². The van der Waals surface area contributed by atoms with Crippen molar-refractivity contribution < 1.29 is 4.74 Å². The molecule has 2 N–H and O–H groups in total. The second-order valence-electron chi connectivity index (χ2n) is 4.48. The van der Waals surface area contributed by atoms with Gasteiger partial charge < -0.3 is 10.5 Å². The molecule has 2 aromatic carbocycles. The highest BCUT2D eigenvalue weighted by Gasteiger charge is 2.10. The second-order valence-corrected chi connectivity index (χ2v) is 6.21. The summed E-state index contributed by atoms with van der Waals surface area (Å²) in [5, 5.41) is 0.753. The molecule has 0 aliphatic heterocycles. The van der Waals surface area contributed by atoms with Gasteiger partial charge in [0.05, 0.1) is 5.56 Å². The smallest absolute Gasteiger partial charge is 0.137 e. The van der Waals surface area contributed by atoms with Gasteiger partial charge >= 0.3 is 0 Å². The highest BCUT2D eigenvalue weighted by atomic mass is 79.9. The van der Waals surface area contributed by atoms with E-state index in [1.54, 1.807) is 0 Å². The van der Waals surface area contributed by atoms with Gasteiger partial charge in [0, 0.05) is 9.50 Å². The van der Waals surface area contributed by atoms with E-state index in [1.165, 1.54) is 0 Å². The van der Waals surface area contributed by atoms with Crippen LogP contribution in [0.1, 0.15) is 16.7 Å². The van der Waals surface area contributed by atoms with Crippen LogP contribution in [0.2, 0.25) is 5.02 Å². The van der Waals surface area contributed by atoms with Gasteiger partial charge in [-0.3, -0.25) is 0 Å². The number of benzene rings is 2. The summed E-state index contributed by atoms with van der Waals surface area (Å²) in [4.78, 5) is 0.295. The zero-order valence-electron chi connectivity index (χ0n) is 11.0. The molecule has 2 rings (SSSR count). The van der Waals surface area contributed by atoms with Crippen LogP contribution in [0.3, 0.4) is 0 Å². The molecule has 0 unspecified atom stereocenters. The van der Waals surface area contributed by atoms with Crippen LogP contribution in [0.4, 0.5) is 0 Å². The molecule has 0 saturated carbocycles. The van der Waals surface area contributed by atoms with E-state index in [1.807, 2.05) is 44.2 Å². The lowest BCUT2D eigenvalue weighted by atomic mass is 10.1. The first kappa shape index (κ1) is 15.3. The first-order chi connectivity index (χ1) is 9.38. The molecule has 2 aromatic rings. The van der Waals surface area contributed by atoms with Crippen molar-refractivity contribution in [3.8, 4) is 11.5 Å². The van der Waals surface area contributed by atoms with E-state index < -0.39 is 0 Å². The third kappa shape index (κ3) is 3.32. The van der Waals surface area contributed by atoms with E-state index in [9.17, 15) is 0 Å². The molecule has 0 amide bonds. The number of ether oxygens (including phenoxy) is 1. The maximum atomic E-state index is 6.15. The number of hydrogen-bond acceptors (Lipinski definition) is 2. The molecule has 0 saturated heterocycles. The van der Waals surface area contributed by atoms with Crippen molar-refractivity contribution in [1.29, 1.82) is 0 Å². The van der Waals surface area contributed by atoms with Crippen LogP contribution in [0.15, 0.2) is 34.8 Å². The van der Waals surface area contributed by atoms with Crippen LogP contribution in [-0.4, -0.2) is 4.99 Å². The molecule has 104 valence electrons. The van der Waals surface area contributed by atoms with Crippen LogP contribution in [0, 0.1) is 13.8 Å². The molecule has 0 radical (unpaired) electrons. The maximum absolute atomic E-state index is 6.15. The minimum atomic E-state index is 0.295. The number of thiocarbonyl (C=S) groups is 1. The Bertz CT molecular complexity index is 665. The Morgan fingerprint density at radius 1 is 1.20 bits per heavy atom. The Morgan fingerprint density at radius 3 is 2.35 bits per heavy atom. The lowest BCUT2D eigenvalue weighted by Crippen LogP contribution is -2.10. The molecule has 0 aliphatic rings. The second kappa shape index (κ2) is 6.12. The van der Waals surface area contributed by atoms with Gasteiger partial charge in [0.2, 0.25) is 0 Å². The molecular weight excluding hydrogens is 358 g/mol. The number of halogens is 2. The molecule has 0 spiro atoms. The predicted molar refractivity (Wildman–Crippen MR) is 91.0 cm³/mol. The van der Waals surface area contributed by atoms with Gasteiger partial charge in [-0.2, -0.15) is 0 Å². The maximum Gasteiger partial charge on any atom is 0.137 e. The van der Waals surface area contributed by atoms with E-state index >= 15 is 0 Å². The average molecular weight is 371 g/mol. The van der Waals surface area contributed by atoms with Crippen LogP contribution >= 0.6 is 39.7 Å². The molecule has 0 fully saturated rings. The van der Waals surface area contributed by atoms with Crippen molar-refractivity contribution in [3.05, 3.63) is 56.5 Å². The first-order valence-electron chi connectivity index (χ1n) is 5.92. The largest absolute Gasteiger partial charge is 0.457 e. The molecule has 0 heterocycles. The monoisotopic (exact) mass is 369 g/mol. The summed E-state index contributed by atoms with van der Waals surface area (Å²) in [7, 11) is 0. The van der Waals surface area contributed by atoms with E-state index in [-0.39, 0.29) is 0 Å². The summed E-state index contributed by atoms with van der Waals surface area (Å²) >= 11 is 14.6. The molecular formula is C15H13BrClNOS. The summed E-state index contributed by atoms with van der Waals surface area (Å²) in [5.74, 6) is 1.34. The lowest BCUT2D eigenvalue weighted by molar-refractivity contribution is 0.481. The van der Waals surface area contributed by atoms with Crippen LogP contribution in [-0.2, 0) is 0 Å². The SMILES string of the molecule is Cc1cc(Oc2ccc(Br)cc2C(N)=S)cc(C)c1Cl. The molecule has 5 heteroatoms. The van der Waals surface area contributed by atoms with Crippen molar-refractivity contribution in [2.24, 2.45) is 5.73 Å². The van der Waals surface area contributed by atoms with Crippen molar-refractivity contribution in [2.45, 2.75) is 13.8 Å². The molecule has 2 nitrogen and oxygen atoms in total. The summed E-state index contributed by atoms with van der Waals surface area (Å²) in [6, 6.07) is 9.33. The van der Waals surface area contributed by atoms with E-state index in [0.717, 1.165) is 20.6 Å². The van der Waals surface area contributed by atoms with E-state index in [2.05, 4.69) is 15.9 Å². The van der Waals surface area contributed by atoms with Crippen molar-refractivity contribution in [1.82, 2.24) is 0 Å². The first-order valence-corrected chi connectivity index (χ1v) is 7.50. The Morgan fingerprint density at radius 2 is 1.80 bits per heavy atom. The predicted octanol–water partition coefficient (Wildman–Crippen LogP) is 5.15. The number of aryl methyl sites for hydroxylation is 2. The number of hydrogen-bond donors (Lipinski definition) is 1. The van der Waals surface area contributed by atoms with Crippen molar-refractivity contribution in [3.63, 3.8) is 0 Å². The zero-order chi connectivity index (χ0) is 14.9. The summed E-state index contributed by atoms with van der Waals surface area (Å²) in [5.41, 5.74) is 8.36. The molecule has 20 heavy (non-hydrogen) atoms. The fourth-order valence-corrected chi connectivity index (χ4v) is 2.51. The minimum absolute atomic E-state index is 0.295. The highest BCUT2D eigenvalue weighted by Crippen LogP contribution is 2.32. The quantitative estimate of drug-likeness (QED) is 0.759. The Hall–Kier alpha value is -1.10. The van der Waals surface area contributed by atoms with Crippen LogP contribution in [0.25, 0.3) is 0 Å². The average Bonchev–Trinajstić information content (AvgIpc) is 2.37. The Kier molecular flexibility index (Phi) is 4.68. The van der Waals surface area contributed by atoms with Gasteiger partial charge in [0.25, 0.3) is 0 Å². The van der Waals surface area contributed by atoms with Gasteiger partial charge in [-0.05, 0) is 55.3 Å². The minimum Gasteiger partial charge on any atom is -0.457 e. The van der Waals surface area contributed by atoms with Gasteiger partial charge in [0.1, 0.15) is 16.5 Å². The van der Waals surface area contributed by atoms with Crippen LogP contribution in [0.5, 0.6) is 11.5 Å². The lowest BCUT2D eigenvalue weighted by Gasteiger charge is -2.13. The Labute approximate surface area is 137 Å². The molecule has 0 aliphatic carbocycles. The van der Waals surface area contributed by atoms with Gasteiger partial charge in [0.15, 0.2) is 0 Å². The fourth-order valence-electron chi connectivity index (χ4n) is 1.88. The normalized spacial score (nSPS) is 10.4. The highest BCUT2D eigenvalue weighted by molar-refractivity contribution is 9.10. The third-order valence-corrected chi connectivity index (χ3v) is 4.15. The molecule has 0 aromatic heterocycles. The summed E-state index contributed by atoms with van der Waals surface area (Å²) in [6.07, 6.45) is 0. The van der Waals surface area contributed by atoms with Crippen molar-refractivity contribution in [2.75, 3.05) is 0 Å². The third-order valence-electron chi connectivity index (χ3n) is 2.84. The van der Waals surface area contributed by atoms with E-state index in [4.69, 9.17) is 34.3 Å². The van der Waals surface area contributed by atoms with Gasteiger partial charge in [-0.1, -0.05) is 39.7 Å². The van der Waals surface area contributed by atoms with Crippen LogP contribution < -0.4 is 10.5 Å². The summed E-state index contributed by atoms with van der Waals surface area (Å²) < 4.78 is 6.79. The van der Waals surface area contributed by atoms with E-state index in [0.29, 0.717) is 22.1 Å². The molecule has 0 bridgehead atoms.